The number of nitro groups is 1. The fourth-order valence-electron chi connectivity index (χ4n) is 1.51. The monoisotopic (exact) mass is 176 g/mol. The number of aliphatic imine (C=N–C) groups is 1. The number of fused-ring (bicyclic) bond motifs is 1. The highest BCUT2D eigenvalue weighted by molar-refractivity contribution is 5.86. The number of nitrogens with zero attached hydrogens (tertiary/aromatic N) is 2. The standard InChI is InChI=1S/C9H8N2O2/c1-6-2-7-4-10-5-8(7)9(3-6)11(12)13/h2-4H,5H2,1H3. The van der Waals surface area contributed by atoms with Crippen LogP contribution in [-0.2, 0) is 6.54 Å². The fourth-order valence-corrected chi connectivity index (χ4v) is 1.51. The molecule has 0 amide bonds. The van der Waals surface area contributed by atoms with Gasteiger partial charge in [-0.3, -0.25) is 15.1 Å². The Morgan fingerprint density at radius 2 is 2.31 bits per heavy atom. The molecule has 0 saturated carbocycles. The highest BCUT2D eigenvalue weighted by Gasteiger charge is 2.19. The van der Waals surface area contributed by atoms with Crippen LogP contribution < -0.4 is 0 Å². The zero-order valence-corrected chi connectivity index (χ0v) is 7.15. The Balaban J connectivity index is 2.66. The van der Waals surface area contributed by atoms with E-state index in [-0.39, 0.29) is 10.6 Å². The molecule has 0 fully saturated rings. The first-order valence-corrected chi connectivity index (χ1v) is 3.96. The molecule has 0 aromatic heterocycles. The second-order valence-electron chi connectivity index (χ2n) is 3.08. The van der Waals surface area contributed by atoms with Crippen LogP contribution in [0.5, 0.6) is 0 Å². The van der Waals surface area contributed by atoms with Gasteiger partial charge in [0.15, 0.2) is 0 Å². The molecule has 0 N–H and O–H groups in total. The van der Waals surface area contributed by atoms with Crippen molar-refractivity contribution in [2.75, 3.05) is 0 Å². The van der Waals surface area contributed by atoms with Gasteiger partial charge in [0.2, 0.25) is 0 Å². The van der Waals surface area contributed by atoms with E-state index in [9.17, 15) is 10.1 Å². The Bertz CT molecular complexity index is 410. The number of benzene rings is 1. The third-order valence-corrected chi connectivity index (χ3v) is 2.08. The normalized spacial score (nSPS) is 13.0. The molecule has 66 valence electrons. The zero-order chi connectivity index (χ0) is 9.42. The third kappa shape index (κ3) is 1.20. The van der Waals surface area contributed by atoms with Crippen LogP contribution in [0.1, 0.15) is 16.7 Å². The van der Waals surface area contributed by atoms with Gasteiger partial charge in [0.05, 0.1) is 17.0 Å². The van der Waals surface area contributed by atoms with Crippen molar-refractivity contribution < 1.29 is 4.92 Å². The number of aryl methyl sites for hydroxylation is 1. The van der Waals surface area contributed by atoms with Crippen LogP contribution in [0.15, 0.2) is 17.1 Å². The molecule has 1 aliphatic rings. The summed E-state index contributed by atoms with van der Waals surface area (Å²) in [7, 11) is 0. The van der Waals surface area contributed by atoms with Gasteiger partial charge < -0.3 is 0 Å². The molecule has 0 bridgehead atoms. The molecule has 0 radical (unpaired) electrons. The summed E-state index contributed by atoms with van der Waals surface area (Å²) >= 11 is 0. The first-order chi connectivity index (χ1) is 6.18. The molecule has 1 heterocycles. The average molecular weight is 176 g/mol. The van der Waals surface area contributed by atoms with E-state index < -0.39 is 0 Å². The smallest absolute Gasteiger partial charge is 0.275 e. The Morgan fingerprint density at radius 1 is 1.54 bits per heavy atom. The molecule has 2 rings (SSSR count). The predicted molar refractivity (Wildman–Crippen MR) is 49.1 cm³/mol. The zero-order valence-electron chi connectivity index (χ0n) is 7.15. The van der Waals surface area contributed by atoms with E-state index in [1.165, 1.54) is 0 Å². The summed E-state index contributed by atoms with van der Waals surface area (Å²) < 4.78 is 0. The highest BCUT2D eigenvalue weighted by Crippen LogP contribution is 2.27. The van der Waals surface area contributed by atoms with E-state index in [1.807, 2.05) is 13.0 Å². The minimum absolute atomic E-state index is 0.188. The predicted octanol–water partition coefficient (Wildman–Crippen LogP) is 1.84. The summed E-state index contributed by atoms with van der Waals surface area (Å²) in [5.41, 5.74) is 2.70. The van der Waals surface area contributed by atoms with E-state index in [1.54, 1.807) is 12.3 Å². The first kappa shape index (κ1) is 7.91. The summed E-state index contributed by atoms with van der Waals surface area (Å²) in [6.45, 7) is 2.28. The minimum Gasteiger partial charge on any atom is -0.288 e. The molecule has 0 aliphatic carbocycles. The molecule has 4 heteroatoms. The van der Waals surface area contributed by atoms with Crippen molar-refractivity contribution in [3.63, 3.8) is 0 Å². The Morgan fingerprint density at radius 3 is 3.00 bits per heavy atom. The lowest BCUT2D eigenvalue weighted by Gasteiger charge is -2.00. The topological polar surface area (TPSA) is 55.5 Å². The highest BCUT2D eigenvalue weighted by atomic mass is 16.6. The number of nitro benzene ring substituents is 1. The van der Waals surface area contributed by atoms with E-state index >= 15 is 0 Å². The lowest BCUT2D eigenvalue weighted by molar-refractivity contribution is -0.385. The van der Waals surface area contributed by atoms with Gasteiger partial charge in [-0.1, -0.05) is 0 Å². The Kier molecular flexibility index (Phi) is 1.62. The van der Waals surface area contributed by atoms with Crippen molar-refractivity contribution in [3.05, 3.63) is 38.9 Å². The molecule has 0 saturated heterocycles. The number of hydrogen-bond acceptors (Lipinski definition) is 3. The molecule has 0 atom stereocenters. The van der Waals surface area contributed by atoms with Gasteiger partial charge in [-0.2, -0.15) is 0 Å². The number of hydrogen-bond donors (Lipinski definition) is 0. The molecular weight excluding hydrogens is 168 g/mol. The van der Waals surface area contributed by atoms with E-state index in [2.05, 4.69) is 4.99 Å². The van der Waals surface area contributed by atoms with Crippen LogP contribution in [0.2, 0.25) is 0 Å². The quantitative estimate of drug-likeness (QED) is 0.484. The molecular formula is C9H8N2O2. The largest absolute Gasteiger partial charge is 0.288 e. The van der Waals surface area contributed by atoms with Crippen molar-refractivity contribution in [2.45, 2.75) is 13.5 Å². The summed E-state index contributed by atoms with van der Waals surface area (Å²) in [5.74, 6) is 0. The average Bonchev–Trinajstić information content (AvgIpc) is 2.49. The summed E-state index contributed by atoms with van der Waals surface area (Å²) in [5, 5.41) is 10.7. The lowest BCUT2D eigenvalue weighted by Crippen LogP contribution is -1.96. The van der Waals surface area contributed by atoms with Crippen molar-refractivity contribution in [1.82, 2.24) is 0 Å². The van der Waals surface area contributed by atoms with Crippen LogP contribution in [0.25, 0.3) is 0 Å². The summed E-state index contributed by atoms with van der Waals surface area (Å²) in [4.78, 5) is 14.3. The van der Waals surface area contributed by atoms with E-state index in [0.717, 1.165) is 16.7 Å². The van der Waals surface area contributed by atoms with Gasteiger partial charge >= 0.3 is 0 Å². The van der Waals surface area contributed by atoms with E-state index in [0.29, 0.717) is 6.54 Å². The fraction of sp³-hybridized carbons (Fsp3) is 0.222. The summed E-state index contributed by atoms with van der Waals surface area (Å²) in [6.07, 6.45) is 1.69. The maximum Gasteiger partial charge on any atom is 0.275 e. The molecule has 4 nitrogen and oxygen atoms in total. The van der Waals surface area contributed by atoms with Gasteiger partial charge in [0.25, 0.3) is 5.69 Å². The lowest BCUT2D eigenvalue weighted by atomic mass is 10.0. The van der Waals surface area contributed by atoms with Crippen molar-refractivity contribution in [3.8, 4) is 0 Å². The van der Waals surface area contributed by atoms with Crippen LogP contribution >= 0.6 is 0 Å². The van der Waals surface area contributed by atoms with E-state index in [4.69, 9.17) is 0 Å². The molecule has 1 aromatic carbocycles. The Labute approximate surface area is 75.1 Å². The molecule has 0 unspecified atom stereocenters. The molecule has 1 aliphatic heterocycles. The maximum atomic E-state index is 10.7. The minimum atomic E-state index is -0.347. The van der Waals surface area contributed by atoms with Gasteiger partial charge in [0.1, 0.15) is 0 Å². The SMILES string of the molecule is Cc1cc2c(c([N+](=O)[O-])c1)CN=C2. The second-order valence-corrected chi connectivity index (χ2v) is 3.08. The van der Waals surface area contributed by atoms with Gasteiger partial charge in [0, 0.05) is 17.8 Å². The molecule has 13 heavy (non-hydrogen) atoms. The second kappa shape index (κ2) is 2.65. The third-order valence-electron chi connectivity index (χ3n) is 2.08. The van der Waals surface area contributed by atoms with Crippen LogP contribution in [0.3, 0.4) is 0 Å². The van der Waals surface area contributed by atoms with Crippen LogP contribution in [0.4, 0.5) is 5.69 Å². The van der Waals surface area contributed by atoms with Gasteiger partial charge in [-0.05, 0) is 18.6 Å². The summed E-state index contributed by atoms with van der Waals surface area (Å²) in [6, 6.07) is 3.51. The van der Waals surface area contributed by atoms with Gasteiger partial charge in [-0.25, -0.2) is 0 Å². The van der Waals surface area contributed by atoms with Gasteiger partial charge in [-0.15, -0.1) is 0 Å². The first-order valence-electron chi connectivity index (χ1n) is 3.96. The molecule has 0 spiro atoms. The van der Waals surface area contributed by atoms with Crippen LogP contribution in [0, 0.1) is 17.0 Å². The van der Waals surface area contributed by atoms with Crippen molar-refractivity contribution in [1.29, 1.82) is 0 Å². The Hall–Kier alpha value is -1.71. The van der Waals surface area contributed by atoms with Crippen molar-refractivity contribution >= 4 is 11.9 Å². The maximum absolute atomic E-state index is 10.7. The van der Waals surface area contributed by atoms with Crippen molar-refractivity contribution in [2.24, 2.45) is 4.99 Å². The molecule has 1 aromatic rings. The number of rotatable bonds is 1. The van der Waals surface area contributed by atoms with Crippen LogP contribution in [-0.4, -0.2) is 11.1 Å².